The van der Waals surface area contributed by atoms with Crippen molar-refractivity contribution >= 4 is 41.8 Å². The maximum Gasteiger partial charge on any atom is 0.233 e. The summed E-state index contributed by atoms with van der Waals surface area (Å²) in [7, 11) is 1.70. The van der Waals surface area contributed by atoms with Gasteiger partial charge in [-0.05, 0) is 42.9 Å². The number of carbonyl (C=O) groups is 2. The van der Waals surface area contributed by atoms with Crippen molar-refractivity contribution in [1.82, 2.24) is 15.5 Å². The molecule has 0 spiro atoms. The van der Waals surface area contributed by atoms with E-state index in [0.717, 1.165) is 17.7 Å². The zero-order chi connectivity index (χ0) is 20.4. The molecule has 7 nitrogen and oxygen atoms in total. The van der Waals surface area contributed by atoms with Crippen molar-refractivity contribution in [2.45, 2.75) is 19.9 Å². The van der Waals surface area contributed by atoms with Crippen LogP contribution in [0, 0.1) is 23.7 Å². The molecule has 0 radical (unpaired) electrons. The van der Waals surface area contributed by atoms with E-state index in [1.165, 1.54) is 4.90 Å². The summed E-state index contributed by atoms with van der Waals surface area (Å²) >= 11 is 0. The Bertz CT molecular complexity index is 827. The quantitative estimate of drug-likeness (QED) is 0.188. The molecule has 2 fully saturated rings. The van der Waals surface area contributed by atoms with Crippen molar-refractivity contribution in [3.63, 3.8) is 0 Å². The van der Waals surface area contributed by atoms with Gasteiger partial charge in [0.05, 0.1) is 18.4 Å². The molecule has 4 atom stereocenters. The van der Waals surface area contributed by atoms with Gasteiger partial charge in [-0.15, -0.1) is 24.0 Å². The van der Waals surface area contributed by atoms with Gasteiger partial charge in [0.2, 0.25) is 11.8 Å². The second kappa shape index (κ2) is 9.80. The molecule has 2 bridgehead atoms. The predicted molar refractivity (Wildman–Crippen MR) is 126 cm³/mol. The average molecular weight is 524 g/mol. The highest BCUT2D eigenvalue weighted by atomic mass is 127. The highest BCUT2D eigenvalue weighted by molar-refractivity contribution is 14.0. The fraction of sp³-hybridized carbons (Fsp3) is 0.500. The first kappa shape index (κ1) is 22.6. The zero-order valence-corrected chi connectivity index (χ0v) is 19.7. The van der Waals surface area contributed by atoms with E-state index in [-0.39, 0.29) is 59.5 Å². The number of nitrogens with one attached hydrogen (secondary N) is 2. The Balaban J connectivity index is 0.00000256. The van der Waals surface area contributed by atoms with Gasteiger partial charge in [0.15, 0.2) is 5.96 Å². The predicted octanol–water partition coefficient (Wildman–Crippen LogP) is 2.18. The number of allylic oxidation sites excluding steroid dienone is 2. The van der Waals surface area contributed by atoms with Crippen molar-refractivity contribution in [2.75, 3.05) is 26.7 Å². The molecule has 3 aliphatic rings. The lowest BCUT2D eigenvalue weighted by Crippen LogP contribution is -2.43. The van der Waals surface area contributed by atoms with Crippen LogP contribution in [-0.4, -0.2) is 49.4 Å². The van der Waals surface area contributed by atoms with Gasteiger partial charge in [-0.2, -0.15) is 0 Å². The van der Waals surface area contributed by atoms with Gasteiger partial charge in [0.25, 0.3) is 0 Å². The van der Waals surface area contributed by atoms with E-state index in [0.29, 0.717) is 32.2 Å². The molecule has 8 heteroatoms. The third-order valence-corrected chi connectivity index (χ3v) is 6.08. The summed E-state index contributed by atoms with van der Waals surface area (Å²) in [6.45, 7) is 4.03. The SMILES string of the molecule is CCOc1cccc(CNC(=NC)NCCN2C(=O)C3C4C=CC(C4)C3C2=O)c1.I. The van der Waals surface area contributed by atoms with Crippen molar-refractivity contribution in [1.29, 1.82) is 0 Å². The molecule has 1 aromatic carbocycles. The van der Waals surface area contributed by atoms with Crippen LogP contribution in [0.15, 0.2) is 41.4 Å². The third-order valence-electron chi connectivity index (χ3n) is 6.08. The Labute approximate surface area is 194 Å². The maximum absolute atomic E-state index is 12.7. The summed E-state index contributed by atoms with van der Waals surface area (Å²) in [5.41, 5.74) is 1.08. The van der Waals surface area contributed by atoms with Crippen LogP contribution in [0.2, 0.25) is 0 Å². The van der Waals surface area contributed by atoms with Crippen LogP contribution in [-0.2, 0) is 16.1 Å². The third kappa shape index (κ3) is 4.33. The average Bonchev–Trinajstić information content (AvgIpc) is 3.40. The molecule has 2 N–H and O–H groups in total. The number of aliphatic imine (C=N–C) groups is 1. The van der Waals surface area contributed by atoms with Gasteiger partial charge in [0, 0.05) is 26.7 Å². The van der Waals surface area contributed by atoms with Crippen LogP contribution in [0.25, 0.3) is 0 Å². The van der Waals surface area contributed by atoms with Crippen LogP contribution >= 0.6 is 24.0 Å². The van der Waals surface area contributed by atoms with Gasteiger partial charge in [-0.25, -0.2) is 0 Å². The lowest BCUT2D eigenvalue weighted by molar-refractivity contribution is -0.140. The van der Waals surface area contributed by atoms with E-state index in [4.69, 9.17) is 4.74 Å². The number of benzene rings is 1. The number of rotatable bonds is 7. The van der Waals surface area contributed by atoms with Crippen molar-refractivity contribution in [3.05, 3.63) is 42.0 Å². The minimum absolute atomic E-state index is 0. The highest BCUT2D eigenvalue weighted by Crippen LogP contribution is 2.52. The molecule has 1 heterocycles. The van der Waals surface area contributed by atoms with Crippen molar-refractivity contribution in [2.24, 2.45) is 28.7 Å². The number of halogens is 1. The molecule has 0 aromatic heterocycles. The summed E-state index contributed by atoms with van der Waals surface area (Å²) in [5.74, 6) is 1.70. The first-order chi connectivity index (χ1) is 14.1. The Kier molecular flexibility index (Phi) is 7.38. The van der Waals surface area contributed by atoms with Crippen LogP contribution < -0.4 is 15.4 Å². The maximum atomic E-state index is 12.7. The van der Waals surface area contributed by atoms with Gasteiger partial charge in [-0.3, -0.25) is 19.5 Å². The molecule has 4 rings (SSSR count). The van der Waals surface area contributed by atoms with Gasteiger partial charge in [-0.1, -0.05) is 24.3 Å². The van der Waals surface area contributed by atoms with E-state index < -0.39 is 0 Å². The number of nitrogens with zero attached hydrogens (tertiary/aromatic N) is 2. The number of likely N-dealkylation sites (tertiary alicyclic amines) is 1. The zero-order valence-electron chi connectivity index (χ0n) is 17.3. The van der Waals surface area contributed by atoms with E-state index in [1.807, 2.05) is 31.2 Å². The van der Waals surface area contributed by atoms with Crippen LogP contribution in [0.3, 0.4) is 0 Å². The minimum atomic E-state index is -0.132. The van der Waals surface area contributed by atoms with Crippen molar-refractivity contribution < 1.29 is 14.3 Å². The van der Waals surface area contributed by atoms with E-state index >= 15 is 0 Å². The van der Waals surface area contributed by atoms with E-state index in [1.54, 1.807) is 7.05 Å². The fourth-order valence-electron chi connectivity index (χ4n) is 4.79. The highest BCUT2D eigenvalue weighted by Gasteiger charge is 2.58. The molecule has 1 aromatic rings. The number of imide groups is 1. The number of fused-ring (bicyclic) bond motifs is 5. The molecule has 162 valence electrons. The monoisotopic (exact) mass is 524 g/mol. The normalized spacial score (nSPS) is 26.6. The smallest absolute Gasteiger partial charge is 0.233 e. The lowest BCUT2D eigenvalue weighted by atomic mass is 9.85. The Hall–Kier alpha value is -2.10. The summed E-state index contributed by atoms with van der Waals surface area (Å²) in [6.07, 6.45) is 5.19. The van der Waals surface area contributed by atoms with Crippen molar-refractivity contribution in [3.8, 4) is 5.75 Å². The summed E-state index contributed by atoms with van der Waals surface area (Å²) in [5, 5.41) is 6.45. The number of hydrogen-bond acceptors (Lipinski definition) is 4. The Morgan fingerprint density at radius 1 is 1.17 bits per heavy atom. The molecular formula is C22H29IN4O3. The number of amides is 2. The minimum Gasteiger partial charge on any atom is -0.494 e. The second-order valence-electron chi connectivity index (χ2n) is 7.76. The fourth-order valence-corrected chi connectivity index (χ4v) is 4.79. The number of hydrogen-bond donors (Lipinski definition) is 2. The molecule has 30 heavy (non-hydrogen) atoms. The molecule has 1 saturated heterocycles. The second-order valence-corrected chi connectivity index (χ2v) is 7.76. The summed E-state index contributed by atoms with van der Waals surface area (Å²) < 4.78 is 5.52. The molecule has 2 amide bonds. The molecular weight excluding hydrogens is 495 g/mol. The number of guanidine groups is 1. The first-order valence-corrected chi connectivity index (χ1v) is 10.3. The standard InChI is InChI=1S/C22H28N4O3.HI/c1-3-29-17-6-4-5-14(11-17)13-25-22(23-2)24-9-10-26-20(27)18-15-7-8-16(12-15)19(18)21(26)28;/h4-8,11,15-16,18-19H,3,9-10,12-13H2,1-2H3,(H2,23,24,25);1H. The Morgan fingerprint density at radius 3 is 2.50 bits per heavy atom. The van der Waals surface area contributed by atoms with E-state index in [9.17, 15) is 9.59 Å². The van der Waals surface area contributed by atoms with Crippen LogP contribution in [0.1, 0.15) is 18.9 Å². The van der Waals surface area contributed by atoms with Gasteiger partial charge >= 0.3 is 0 Å². The van der Waals surface area contributed by atoms with Gasteiger partial charge < -0.3 is 15.4 Å². The van der Waals surface area contributed by atoms with E-state index in [2.05, 4.69) is 27.8 Å². The Morgan fingerprint density at radius 2 is 1.87 bits per heavy atom. The molecule has 2 aliphatic carbocycles. The van der Waals surface area contributed by atoms with Gasteiger partial charge in [0.1, 0.15) is 5.75 Å². The van der Waals surface area contributed by atoms with Crippen LogP contribution in [0.4, 0.5) is 0 Å². The topological polar surface area (TPSA) is 83.0 Å². The number of ether oxygens (including phenoxy) is 1. The summed E-state index contributed by atoms with van der Waals surface area (Å²) in [4.78, 5) is 31.1. The van der Waals surface area contributed by atoms with Crippen LogP contribution in [0.5, 0.6) is 5.75 Å². The summed E-state index contributed by atoms with van der Waals surface area (Å²) in [6, 6.07) is 7.90. The molecule has 4 unspecified atom stereocenters. The largest absolute Gasteiger partial charge is 0.494 e. The molecule has 1 saturated carbocycles. The number of carbonyl (C=O) groups excluding carboxylic acids is 2. The lowest BCUT2D eigenvalue weighted by Gasteiger charge is -2.18. The first-order valence-electron chi connectivity index (χ1n) is 10.3. The molecule has 1 aliphatic heterocycles.